The van der Waals surface area contributed by atoms with E-state index in [4.69, 9.17) is 14.2 Å². The first-order valence-electron chi connectivity index (χ1n) is 16.5. The standard InChI is InChI=1S/C39H40N4O5/c1-26-36(24-43-16-18-46-19-17-43)47-39(48-37(26)29-14-12-27(25-44)13-15-29)32-9-5-8-31(21-32)30-7-4-6-28(20-30)22-41-38(45)35-23-40-33-10-2-3-11-34(33)42-35/h2-15,20-21,23,26,36-37,39,44H,16-19,22,24-25H2,1H3,(H,41,45). The van der Waals surface area contributed by atoms with Crippen LogP contribution in [0, 0.1) is 5.92 Å². The molecule has 1 aromatic heterocycles. The maximum Gasteiger partial charge on any atom is 0.271 e. The van der Waals surface area contributed by atoms with Crippen LogP contribution in [0.4, 0.5) is 0 Å². The van der Waals surface area contributed by atoms with Gasteiger partial charge in [-0.25, -0.2) is 4.98 Å². The number of amides is 1. The highest BCUT2D eigenvalue weighted by Crippen LogP contribution is 2.42. The first kappa shape index (κ1) is 32.1. The van der Waals surface area contributed by atoms with Crippen LogP contribution in [0.1, 0.15) is 52.1 Å². The van der Waals surface area contributed by atoms with Gasteiger partial charge in [-0.15, -0.1) is 0 Å². The van der Waals surface area contributed by atoms with Gasteiger partial charge in [0.1, 0.15) is 5.69 Å². The fourth-order valence-electron chi connectivity index (χ4n) is 6.43. The number of morpholine rings is 1. The Labute approximate surface area is 280 Å². The predicted molar refractivity (Wildman–Crippen MR) is 183 cm³/mol. The van der Waals surface area contributed by atoms with Gasteiger partial charge < -0.3 is 24.6 Å². The molecule has 0 spiro atoms. The van der Waals surface area contributed by atoms with E-state index in [9.17, 15) is 9.90 Å². The SMILES string of the molecule is CC1C(CN2CCOCC2)OC(c2cccc(-c3cccc(CNC(=O)c4cnc5ccccc5n4)c3)c2)OC1c1ccc(CO)cc1. The molecule has 4 unspecified atom stereocenters. The van der Waals surface area contributed by atoms with E-state index < -0.39 is 6.29 Å². The number of aliphatic hydroxyl groups excluding tert-OH is 1. The number of para-hydroxylation sites is 2. The molecule has 0 radical (unpaired) electrons. The number of carbonyl (C=O) groups is 1. The number of carbonyl (C=O) groups excluding carboxylic acids is 1. The minimum Gasteiger partial charge on any atom is -0.392 e. The van der Waals surface area contributed by atoms with E-state index in [0.717, 1.165) is 71.7 Å². The summed E-state index contributed by atoms with van der Waals surface area (Å²) in [5.74, 6) is -0.159. The Balaban J connectivity index is 1.09. The molecular formula is C39H40N4O5. The molecular weight excluding hydrogens is 604 g/mol. The molecule has 2 saturated heterocycles. The topological polar surface area (TPSA) is 106 Å². The molecule has 5 aromatic rings. The fourth-order valence-corrected chi connectivity index (χ4v) is 6.43. The van der Waals surface area contributed by atoms with Crippen molar-refractivity contribution in [1.82, 2.24) is 20.2 Å². The largest absolute Gasteiger partial charge is 0.392 e. The van der Waals surface area contributed by atoms with Gasteiger partial charge in [-0.05, 0) is 52.1 Å². The number of nitrogens with zero attached hydrogens (tertiary/aromatic N) is 3. The fraction of sp³-hybridized carbons (Fsp3) is 0.308. The zero-order valence-electron chi connectivity index (χ0n) is 27.0. The number of nitrogens with one attached hydrogen (secondary N) is 1. The van der Waals surface area contributed by atoms with E-state index in [-0.39, 0.29) is 36.3 Å². The van der Waals surface area contributed by atoms with Crippen LogP contribution in [0.5, 0.6) is 0 Å². The van der Waals surface area contributed by atoms with E-state index in [1.807, 2.05) is 66.7 Å². The molecule has 2 aliphatic heterocycles. The highest BCUT2D eigenvalue weighted by atomic mass is 16.7. The molecule has 246 valence electrons. The van der Waals surface area contributed by atoms with Crippen molar-refractivity contribution in [1.29, 1.82) is 0 Å². The minimum atomic E-state index is -0.555. The van der Waals surface area contributed by atoms with Crippen LogP contribution in [-0.4, -0.2) is 64.8 Å². The summed E-state index contributed by atoms with van der Waals surface area (Å²) in [6, 6.07) is 31.9. The molecule has 7 rings (SSSR count). The smallest absolute Gasteiger partial charge is 0.271 e. The summed E-state index contributed by atoms with van der Waals surface area (Å²) >= 11 is 0. The molecule has 9 nitrogen and oxygen atoms in total. The summed E-state index contributed by atoms with van der Waals surface area (Å²) in [4.78, 5) is 24.1. The van der Waals surface area contributed by atoms with Crippen LogP contribution in [0.25, 0.3) is 22.2 Å². The average Bonchev–Trinajstić information content (AvgIpc) is 3.15. The second kappa shape index (κ2) is 14.7. The van der Waals surface area contributed by atoms with E-state index in [0.29, 0.717) is 12.1 Å². The van der Waals surface area contributed by atoms with E-state index in [1.54, 1.807) is 0 Å². The zero-order valence-corrected chi connectivity index (χ0v) is 27.0. The Bertz CT molecular complexity index is 1860. The molecule has 4 atom stereocenters. The Kier molecular flexibility index (Phi) is 9.83. The molecule has 3 heterocycles. The second-order valence-electron chi connectivity index (χ2n) is 12.5. The van der Waals surface area contributed by atoms with E-state index in [1.165, 1.54) is 6.20 Å². The number of hydrogen-bond acceptors (Lipinski definition) is 8. The van der Waals surface area contributed by atoms with Crippen molar-refractivity contribution in [3.63, 3.8) is 0 Å². The van der Waals surface area contributed by atoms with Crippen molar-refractivity contribution in [3.8, 4) is 11.1 Å². The van der Waals surface area contributed by atoms with Gasteiger partial charge in [0.15, 0.2) is 6.29 Å². The van der Waals surface area contributed by atoms with Crippen molar-refractivity contribution < 1.29 is 24.1 Å². The van der Waals surface area contributed by atoms with Crippen molar-refractivity contribution >= 4 is 16.9 Å². The van der Waals surface area contributed by atoms with Gasteiger partial charge >= 0.3 is 0 Å². The summed E-state index contributed by atoms with van der Waals surface area (Å²) in [6.07, 6.45) is 0.730. The Hall–Kier alpha value is -4.51. The van der Waals surface area contributed by atoms with Gasteiger partial charge in [-0.1, -0.05) is 79.7 Å². The molecule has 48 heavy (non-hydrogen) atoms. The van der Waals surface area contributed by atoms with Crippen molar-refractivity contribution in [2.75, 3.05) is 32.8 Å². The van der Waals surface area contributed by atoms with Crippen molar-refractivity contribution in [3.05, 3.63) is 131 Å². The van der Waals surface area contributed by atoms with Crippen LogP contribution in [-0.2, 0) is 27.4 Å². The lowest BCUT2D eigenvalue weighted by molar-refractivity contribution is -0.277. The van der Waals surface area contributed by atoms with Gasteiger partial charge in [-0.3, -0.25) is 14.7 Å². The molecule has 2 fully saturated rings. The Morgan fingerprint density at radius 1 is 0.854 bits per heavy atom. The number of ether oxygens (including phenoxy) is 3. The third-order valence-electron chi connectivity index (χ3n) is 9.22. The molecule has 4 aromatic carbocycles. The number of aliphatic hydroxyl groups is 1. The van der Waals surface area contributed by atoms with Crippen LogP contribution in [0.2, 0.25) is 0 Å². The predicted octanol–water partition coefficient (Wildman–Crippen LogP) is 5.84. The van der Waals surface area contributed by atoms with E-state index >= 15 is 0 Å². The first-order chi connectivity index (χ1) is 23.5. The van der Waals surface area contributed by atoms with Gasteiger partial charge in [-0.2, -0.15) is 0 Å². The summed E-state index contributed by atoms with van der Waals surface area (Å²) < 4.78 is 19.0. The highest BCUT2D eigenvalue weighted by molar-refractivity contribution is 5.93. The Morgan fingerprint density at radius 3 is 2.40 bits per heavy atom. The summed E-state index contributed by atoms with van der Waals surface area (Å²) in [7, 11) is 0. The van der Waals surface area contributed by atoms with E-state index in [2.05, 4.69) is 57.4 Å². The Morgan fingerprint density at radius 2 is 1.60 bits per heavy atom. The monoisotopic (exact) mass is 644 g/mol. The van der Waals surface area contributed by atoms with Gasteiger partial charge in [0, 0.05) is 37.7 Å². The van der Waals surface area contributed by atoms with Gasteiger partial charge in [0.05, 0.1) is 49.3 Å². The molecule has 0 bridgehead atoms. The van der Waals surface area contributed by atoms with Crippen LogP contribution in [0.3, 0.4) is 0 Å². The number of hydrogen-bond donors (Lipinski definition) is 2. The maximum absolute atomic E-state index is 12.9. The van der Waals surface area contributed by atoms with Gasteiger partial charge in [0.25, 0.3) is 5.91 Å². The highest BCUT2D eigenvalue weighted by Gasteiger charge is 2.39. The number of aromatic nitrogens is 2. The lowest BCUT2D eigenvalue weighted by atomic mass is 9.89. The van der Waals surface area contributed by atoms with Crippen LogP contribution < -0.4 is 5.32 Å². The maximum atomic E-state index is 12.9. The lowest BCUT2D eigenvalue weighted by Crippen LogP contribution is -2.47. The quantitative estimate of drug-likeness (QED) is 0.206. The molecule has 9 heteroatoms. The van der Waals surface area contributed by atoms with Gasteiger partial charge in [0.2, 0.25) is 0 Å². The third kappa shape index (κ3) is 7.31. The summed E-state index contributed by atoms with van der Waals surface area (Å²) in [5, 5.41) is 12.6. The average molecular weight is 645 g/mol. The number of fused-ring (bicyclic) bond motifs is 1. The molecule has 0 aliphatic carbocycles. The molecule has 2 N–H and O–H groups in total. The molecule has 0 saturated carbocycles. The zero-order chi connectivity index (χ0) is 32.9. The molecule has 1 amide bonds. The first-order valence-corrected chi connectivity index (χ1v) is 16.5. The normalized spacial score (nSPS) is 21.6. The van der Waals surface area contributed by atoms with Crippen molar-refractivity contribution in [2.24, 2.45) is 5.92 Å². The lowest BCUT2D eigenvalue weighted by Gasteiger charge is -2.43. The van der Waals surface area contributed by atoms with Crippen LogP contribution in [0.15, 0.2) is 103 Å². The summed E-state index contributed by atoms with van der Waals surface area (Å²) in [5.41, 5.74) is 7.63. The molecule has 2 aliphatic rings. The number of rotatable bonds is 9. The number of benzene rings is 4. The minimum absolute atomic E-state index is 0.00620. The van der Waals surface area contributed by atoms with Crippen molar-refractivity contribution in [2.45, 2.75) is 38.6 Å². The summed E-state index contributed by atoms with van der Waals surface area (Å²) in [6.45, 7) is 6.59. The van der Waals surface area contributed by atoms with Crippen LogP contribution >= 0.6 is 0 Å². The third-order valence-corrected chi connectivity index (χ3v) is 9.22. The second-order valence-corrected chi connectivity index (χ2v) is 12.5.